The molecule has 2 saturated heterocycles. The molecule has 6 heteroatoms. The Hall–Kier alpha value is -1.79. The summed E-state index contributed by atoms with van der Waals surface area (Å²) in [5.41, 5.74) is 2.31. The van der Waals surface area contributed by atoms with Crippen LogP contribution in [0.1, 0.15) is 37.3 Å². The number of likely N-dealkylation sites (N-methyl/N-ethyl adjacent to an activating group) is 1. The van der Waals surface area contributed by atoms with Crippen molar-refractivity contribution < 1.29 is 9.47 Å². The van der Waals surface area contributed by atoms with E-state index < -0.39 is 0 Å². The minimum absolute atomic E-state index is 0.152. The number of aliphatic imine (C=N–C) groups is 1. The van der Waals surface area contributed by atoms with E-state index in [-0.39, 0.29) is 6.10 Å². The lowest BCUT2D eigenvalue weighted by molar-refractivity contribution is 0.140. The normalized spacial score (nSPS) is 23.6. The molecule has 150 valence electrons. The van der Waals surface area contributed by atoms with E-state index in [1.54, 1.807) is 0 Å². The molecule has 0 saturated carbocycles. The summed E-state index contributed by atoms with van der Waals surface area (Å²) >= 11 is 0. The van der Waals surface area contributed by atoms with Gasteiger partial charge < -0.3 is 25.0 Å². The Bertz CT molecular complexity index is 629. The number of hydrogen-bond donors (Lipinski definition) is 2. The van der Waals surface area contributed by atoms with Gasteiger partial charge in [0.15, 0.2) is 5.96 Å². The quantitative estimate of drug-likeness (QED) is 0.567. The molecule has 0 bridgehead atoms. The van der Waals surface area contributed by atoms with E-state index in [1.807, 2.05) is 0 Å². The van der Waals surface area contributed by atoms with Crippen molar-refractivity contribution in [3.05, 3.63) is 29.3 Å². The number of benzene rings is 1. The molecular weight excluding hydrogens is 340 g/mol. The van der Waals surface area contributed by atoms with Crippen LogP contribution in [0, 0.1) is 6.92 Å². The van der Waals surface area contributed by atoms with E-state index >= 15 is 0 Å². The maximum atomic E-state index is 6.19. The van der Waals surface area contributed by atoms with E-state index in [0.29, 0.717) is 19.2 Å². The van der Waals surface area contributed by atoms with Crippen LogP contribution in [0.3, 0.4) is 0 Å². The average molecular weight is 375 g/mol. The lowest BCUT2D eigenvalue weighted by Crippen LogP contribution is -2.44. The number of ether oxygens (including phenoxy) is 2. The van der Waals surface area contributed by atoms with Crippen molar-refractivity contribution in [2.24, 2.45) is 4.99 Å². The molecule has 27 heavy (non-hydrogen) atoms. The highest BCUT2D eigenvalue weighted by atomic mass is 16.5. The summed E-state index contributed by atoms with van der Waals surface area (Å²) in [7, 11) is 2.20. The molecule has 1 aromatic rings. The Morgan fingerprint density at radius 2 is 2.22 bits per heavy atom. The molecule has 0 spiro atoms. The molecule has 2 aliphatic heterocycles. The van der Waals surface area contributed by atoms with Gasteiger partial charge in [0.25, 0.3) is 0 Å². The van der Waals surface area contributed by atoms with Crippen LogP contribution in [0.4, 0.5) is 0 Å². The Balaban J connectivity index is 1.63. The largest absolute Gasteiger partial charge is 0.488 e. The Morgan fingerprint density at radius 1 is 1.33 bits per heavy atom. The van der Waals surface area contributed by atoms with Gasteiger partial charge in [-0.2, -0.15) is 0 Å². The van der Waals surface area contributed by atoms with Gasteiger partial charge >= 0.3 is 0 Å². The van der Waals surface area contributed by atoms with Gasteiger partial charge in [0.05, 0.1) is 19.8 Å². The van der Waals surface area contributed by atoms with Crippen LogP contribution in [-0.2, 0) is 11.3 Å². The van der Waals surface area contributed by atoms with Gasteiger partial charge in [-0.25, -0.2) is 4.99 Å². The van der Waals surface area contributed by atoms with Gasteiger partial charge in [-0.15, -0.1) is 0 Å². The predicted octanol–water partition coefficient (Wildman–Crippen LogP) is 2.31. The molecule has 0 amide bonds. The van der Waals surface area contributed by atoms with Crippen LogP contribution in [0.15, 0.2) is 23.2 Å². The number of rotatable bonds is 7. The van der Waals surface area contributed by atoms with Crippen LogP contribution >= 0.6 is 0 Å². The Labute approximate surface area is 163 Å². The summed E-state index contributed by atoms with van der Waals surface area (Å²) in [5.74, 6) is 1.80. The second-order valence-electron chi connectivity index (χ2n) is 7.57. The molecule has 3 rings (SSSR count). The zero-order chi connectivity index (χ0) is 19.1. The van der Waals surface area contributed by atoms with Crippen molar-refractivity contribution in [3.8, 4) is 5.75 Å². The molecule has 0 aromatic heterocycles. The Kier molecular flexibility index (Phi) is 7.35. The number of guanidine groups is 1. The third kappa shape index (κ3) is 5.84. The van der Waals surface area contributed by atoms with Gasteiger partial charge in [-0.3, -0.25) is 0 Å². The molecule has 2 atom stereocenters. The second-order valence-corrected chi connectivity index (χ2v) is 7.57. The molecule has 0 radical (unpaired) electrons. The maximum absolute atomic E-state index is 6.19. The van der Waals surface area contributed by atoms with Crippen LogP contribution in [0.25, 0.3) is 0 Å². The summed E-state index contributed by atoms with van der Waals surface area (Å²) in [5, 5.41) is 6.86. The van der Waals surface area contributed by atoms with Crippen LogP contribution in [-0.4, -0.2) is 62.9 Å². The first-order valence-corrected chi connectivity index (χ1v) is 10.2. The zero-order valence-corrected chi connectivity index (χ0v) is 17.0. The molecular formula is C21H34N4O2. The maximum Gasteiger partial charge on any atom is 0.191 e. The lowest BCUT2D eigenvalue weighted by Gasteiger charge is -2.21. The number of nitrogens with one attached hydrogen (secondary N) is 2. The first-order chi connectivity index (χ1) is 13.2. The van der Waals surface area contributed by atoms with Crippen molar-refractivity contribution in [1.29, 1.82) is 0 Å². The van der Waals surface area contributed by atoms with E-state index in [4.69, 9.17) is 14.5 Å². The van der Waals surface area contributed by atoms with E-state index in [2.05, 4.69) is 54.6 Å². The lowest BCUT2D eigenvalue weighted by atomic mass is 10.1. The highest BCUT2D eigenvalue weighted by molar-refractivity contribution is 5.79. The van der Waals surface area contributed by atoms with Crippen LogP contribution < -0.4 is 15.4 Å². The summed E-state index contributed by atoms with van der Waals surface area (Å²) in [4.78, 5) is 7.22. The number of likely N-dealkylation sites (tertiary alicyclic amines) is 1. The number of nitrogens with zero attached hydrogens (tertiary/aromatic N) is 2. The van der Waals surface area contributed by atoms with Crippen molar-refractivity contribution >= 4 is 5.96 Å². The fourth-order valence-corrected chi connectivity index (χ4v) is 3.65. The van der Waals surface area contributed by atoms with Gasteiger partial charge in [0, 0.05) is 31.1 Å². The third-order valence-electron chi connectivity index (χ3n) is 5.33. The molecule has 2 heterocycles. The first-order valence-electron chi connectivity index (χ1n) is 10.2. The first kappa shape index (κ1) is 20.0. The van der Waals surface area contributed by atoms with Crippen molar-refractivity contribution in [2.45, 2.75) is 51.8 Å². The summed E-state index contributed by atoms with van der Waals surface area (Å²) in [6.45, 7) is 9.22. The van der Waals surface area contributed by atoms with Crippen molar-refractivity contribution in [1.82, 2.24) is 15.5 Å². The monoisotopic (exact) mass is 374 g/mol. The van der Waals surface area contributed by atoms with Crippen molar-refractivity contribution in [3.63, 3.8) is 0 Å². The van der Waals surface area contributed by atoms with Crippen molar-refractivity contribution in [2.75, 3.05) is 39.9 Å². The van der Waals surface area contributed by atoms with E-state index in [1.165, 1.54) is 24.9 Å². The number of hydrogen-bond acceptors (Lipinski definition) is 4. The molecule has 6 nitrogen and oxygen atoms in total. The van der Waals surface area contributed by atoms with Gasteiger partial charge in [0.1, 0.15) is 11.9 Å². The molecule has 2 fully saturated rings. The molecule has 2 N–H and O–H groups in total. The SMILES string of the molecule is CCNC(=NCc1ccc(C)cc1OC1CCOC1)NCC1CCCN1C. The molecule has 1 aromatic carbocycles. The number of aryl methyl sites for hydroxylation is 1. The average Bonchev–Trinajstić information content (AvgIpc) is 3.30. The fraction of sp³-hybridized carbons (Fsp3) is 0.667. The molecule has 2 unspecified atom stereocenters. The van der Waals surface area contributed by atoms with Crippen LogP contribution in [0.2, 0.25) is 0 Å². The standard InChI is InChI=1S/C21H34N4O2/c1-4-22-21(24-14-18-6-5-10-25(18)3)23-13-17-8-7-16(2)12-20(17)27-19-9-11-26-15-19/h7-8,12,18-19H,4-6,9-11,13-15H2,1-3H3,(H2,22,23,24). The Morgan fingerprint density at radius 3 is 2.93 bits per heavy atom. The van der Waals surface area contributed by atoms with E-state index in [0.717, 1.165) is 43.4 Å². The highest BCUT2D eigenvalue weighted by Gasteiger charge is 2.21. The minimum Gasteiger partial charge on any atom is -0.488 e. The smallest absolute Gasteiger partial charge is 0.191 e. The van der Waals surface area contributed by atoms with Gasteiger partial charge in [-0.1, -0.05) is 12.1 Å². The minimum atomic E-state index is 0.152. The zero-order valence-electron chi connectivity index (χ0n) is 17.0. The molecule has 2 aliphatic rings. The third-order valence-corrected chi connectivity index (χ3v) is 5.33. The van der Waals surface area contributed by atoms with Gasteiger partial charge in [-0.05, 0) is 51.9 Å². The highest BCUT2D eigenvalue weighted by Crippen LogP contribution is 2.24. The van der Waals surface area contributed by atoms with E-state index in [9.17, 15) is 0 Å². The summed E-state index contributed by atoms with van der Waals surface area (Å²) in [6.07, 6.45) is 3.64. The summed E-state index contributed by atoms with van der Waals surface area (Å²) < 4.78 is 11.6. The fourth-order valence-electron chi connectivity index (χ4n) is 3.65. The topological polar surface area (TPSA) is 58.1 Å². The predicted molar refractivity (Wildman–Crippen MR) is 110 cm³/mol. The van der Waals surface area contributed by atoms with Crippen LogP contribution in [0.5, 0.6) is 5.75 Å². The summed E-state index contributed by atoms with van der Waals surface area (Å²) in [6, 6.07) is 6.95. The second kappa shape index (κ2) is 9.95. The molecule has 0 aliphatic carbocycles. The van der Waals surface area contributed by atoms with Gasteiger partial charge in [0.2, 0.25) is 0 Å².